The van der Waals surface area contributed by atoms with Gasteiger partial charge in [0, 0.05) is 17.9 Å². The molecular formula is C13H16BrN3O2S. The van der Waals surface area contributed by atoms with Crippen molar-refractivity contribution < 1.29 is 4.74 Å². The molecule has 0 unspecified atom stereocenters. The van der Waals surface area contributed by atoms with Crippen molar-refractivity contribution in [2.75, 3.05) is 7.11 Å². The molecule has 0 aliphatic heterocycles. The third kappa shape index (κ3) is 3.16. The van der Waals surface area contributed by atoms with Crippen LogP contribution >= 0.6 is 27.3 Å². The summed E-state index contributed by atoms with van der Waals surface area (Å²) in [6.45, 7) is 6.57. The second-order valence-electron chi connectivity index (χ2n) is 5.40. The fraction of sp³-hybridized carbons (Fsp3) is 0.462. The van der Waals surface area contributed by atoms with Gasteiger partial charge < -0.3 is 9.72 Å². The Kier molecular flexibility index (Phi) is 4.41. The van der Waals surface area contributed by atoms with Gasteiger partial charge in [0.1, 0.15) is 10.2 Å². The van der Waals surface area contributed by atoms with Gasteiger partial charge in [-0.3, -0.25) is 4.79 Å². The second kappa shape index (κ2) is 5.75. The zero-order chi connectivity index (χ0) is 14.9. The lowest BCUT2D eigenvalue weighted by Gasteiger charge is -2.13. The van der Waals surface area contributed by atoms with E-state index in [2.05, 4.69) is 51.7 Å². The van der Waals surface area contributed by atoms with Gasteiger partial charge >= 0.3 is 0 Å². The third-order valence-electron chi connectivity index (χ3n) is 2.60. The van der Waals surface area contributed by atoms with Crippen molar-refractivity contribution in [1.82, 2.24) is 15.0 Å². The van der Waals surface area contributed by atoms with E-state index in [1.165, 1.54) is 0 Å². The largest absolute Gasteiger partial charge is 0.378 e. The number of halogens is 1. The molecule has 2 aromatic rings. The molecule has 0 atom stereocenters. The van der Waals surface area contributed by atoms with Crippen molar-refractivity contribution in [2.24, 2.45) is 0 Å². The van der Waals surface area contributed by atoms with Gasteiger partial charge in [0.05, 0.1) is 17.3 Å². The molecule has 0 aliphatic rings. The normalized spacial score (nSPS) is 11.8. The number of hydrogen-bond donors (Lipinski definition) is 1. The van der Waals surface area contributed by atoms with Crippen molar-refractivity contribution in [1.29, 1.82) is 0 Å². The number of H-pyrrole nitrogens is 1. The van der Waals surface area contributed by atoms with Crippen LogP contribution in [0, 0.1) is 0 Å². The van der Waals surface area contributed by atoms with Gasteiger partial charge in [0.2, 0.25) is 0 Å². The first kappa shape index (κ1) is 15.3. The first-order chi connectivity index (χ1) is 9.32. The average molecular weight is 358 g/mol. The number of ether oxygens (including phenoxy) is 1. The van der Waals surface area contributed by atoms with Crippen molar-refractivity contribution in [3.63, 3.8) is 0 Å². The molecule has 1 N–H and O–H groups in total. The number of aromatic nitrogens is 3. The van der Waals surface area contributed by atoms with Crippen LogP contribution in [0.25, 0.3) is 11.5 Å². The highest BCUT2D eigenvalue weighted by atomic mass is 79.9. The van der Waals surface area contributed by atoms with Crippen LogP contribution in [-0.2, 0) is 16.8 Å². The lowest BCUT2D eigenvalue weighted by molar-refractivity contribution is 0.180. The van der Waals surface area contributed by atoms with Crippen LogP contribution in [0.3, 0.4) is 0 Å². The topological polar surface area (TPSA) is 67.9 Å². The third-order valence-corrected chi connectivity index (χ3v) is 4.69. The summed E-state index contributed by atoms with van der Waals surface area (Å²) in [6, 6.07) is 0. The zero-order valence-corrected chi connectivity index (χ0v) is 14.2. The van der Waals surface area contributed by atoms with Gasteiger partial charge in [-0.2, -0.15) is 0 Å². The zero-order valence-electron chi connectivity index (χ0n) is 11.8. The van der Waals surface area contributed by atoms with E-state index in [0.717, 1.165) is 5.01 Å². The van der Waals surface area contributed by atoms with Gasteiger partial charge in [-0.15, -0.1) is 11.3 Å². The minimum Gasteiger partial charge on any atom is -0.378 e. The van der Waals surface area contributed by atoms with Crippen LogP contribution in [0.15, 0.2) is 14.6 Å². The predicted molar refractivity (Wildman–Crippen MR) is 83.1 cm³/mol. The minimum absolute atomic E-state index is 0.0199. The molecule has 0 spiro atoms. The number of nitrogens with one attached hydrogen (secondary N) is 1. The first-order valence-electron chi connectivity index (χ1n) is 6.07. The summed E-state index contributed by atoms with van der Waals surface area (Å²) >= 11 is 4.79. The molecule has 5 nitrogen and oxygen atoms in total. The van der Waals surface area contributed by atoms with Crippen molar-refractivity contribution in [3.05, 3.63) is 30.9 Å². The Bertz CT molecular complexity index is 673. The minimum atomic E-state index is -0.229. The van der Waals surface area contributed by atoms with E-state index in [-0.39, 0.29) is 17.6 Å². The molecule has 0 saturated carbocycles. The summed E-state index contributed by atoms with van der Waals surface area (Å²) in [4.78, 5) is 23.6. The summed E-state index contributed by atoms with van der Waals surface area (Å²) in [5.41, 5.74) is 0.999. The van der Waals surface area contributed by atoms with Gasteiger partial charge in [0.25, 0.3) is 5.56 Å². The smallest absolute Gasteiger partial charge is 0.265 e. The summed E-state index contributed by atoms with van der Waals surface area (Å²) in [5, 5.41) is 2.91. The Hall–Kier alpha value is -1.05. The number of rotatable bonds is 3. The lowest BCUT2D eigenvalue weighted by atomic mass is 9.98. The highest BCUT2D eigenvalue weighted by Gasteiger charge is 2.20. The standard InChI is InChI=1S/C13H16BrN3O2S/c1-13(2,3)12-16-8(6-20-12)10-15-7(5-19-4)9(14)11(18)17-10/h6H,5H2,1-4H3,(H,15,17,18). The molecule has 0 aliphatic carbocycles. The number of nitrogens with zero attached hydrogens (tertiary/aromatic N) is 2. The molecule has 108 valence electrons. The average Bonchev–Trinajstić information content (AvgIpc) is 2.84. The fourth-order valence-corrected chi connectivity index (χ4v) is 2.78. The molecule has 0 aromatic carbocycles. The van der Waals surface area contributed by atoms with Crippen LogP contribution in [-0.4, -0.2) is 22.1 Å². The molecule has 0 bridgehead atoms. The highest BCUT2D eigenvalue weighted by Crippen LogP contribution is 2.28. The van der Waals surface area contributed by atoms with Gasteiger partial charge in [-0.05, 0) is 15.9 Å². The Morgan fingerprint density at radius 2 is 2.10 bits per heavy atom. The summed E-state index contributed by atoms with van der Waals surface area (Å²) in [6.07, 6.45) is 0. The maximum absolute atomic E-state index is 11.9. The SMILES string of the molecule is COCc1nc(-c2csc(C(C)(C)C)n2)[nH]c(=O)c1Br. The van der Waals surface area contributed by atoms with Gasteiger partial charge in [-0.25, -0.2) is 9.97 Å². The van der Waals surface area contributed by atoms with Crippen LogP contribution in [0.2, 0.25) is 0 Å². The molecule has 0 fully saturated rings. The number of aromatic amines is 1. The van der Waals surface area contributed by atoms with Crippen molar-refractivity contribution in [3.8, 4) is 11.5 Å². The second-order valence-corrected chi connectivity index (χ2v) is 7.05. The van der Waals surface area contributed by atoms with E-state index in [0.29, 0.717) is 21.7 Å². The maximum atomic E-state index is 11.9. The maximum Gasteiger partial charge on any atom is 0.265 e. The van der Waals surface area contributed by atoms with Crippen molar-refractivity contribution >= 4 is 27.3 Å². The number of methoxy groups -OCH3 is 1. The lowest BCUT2D eigenvalue weighted by Crippen LogP contribution is -2.14. The predicted octanol–water partition coefficient (Wildman–Crippen LogP) is 3.10. The monoisotopic (exact) mass is 357 g/mol. The molecule has 2 rings (SSSR count). The molecule has 0 radical (unpaired) electrons. The summed E-state index contributed by atoms with van der Waals surface area (Å²) < 4.78 is 5.45. The van der Waals surface area contributed by atoms with Crippen LogP contribution in [0.1, 0.15) is 31.5 Å². The molecule has 0 amide bonds. The van der Waals surface area contributed by atoms with Gasteiger partial charge in [0.15, 0.2) is 5.82 Å². The molecule has 0 saturated heterocycles. The van der Waals surface area contributed by atoms with E-state index in [1.54, 1.807) is 18.4 Å². The Morgan fingerprint density at radius 1 is 1.40 bits per heavy atom. The summed E-state index contributed by atoms with van der Waals surface area (Å²) in [7, 11) is 1.57. The van der Waals surface area contributed by atoms with Crippen molar-refractivity contribution in [2.45, 2.75) is 32.8 Å². The van der Waals surface area contributed by atoms with Gasteiger partial charge in [-0.1, -0.05) is 20.8 Å². The van der Waals surface area contributed by atoms with E-state index in [1.807, 2.05) is 5.38 Å². The van der Waals surface area contributed by atoms with Crippen LogP contribution < -0.4 is 5.56 Å². The molecular weight excluding hydrogens is 342 g/mol. The van der Waals surface area contributed by atoms with Crippen LogP contribution in [0.4, 0.5) is 0 Å². The number of thiazole rings is 1. The van der Waals surface area contributed by atoms with Crippen LogP contribution in [0.5, 0.6) is 0 Å². The van der Waals surface area contributed by atoms with E-state index in [4.69, 9.17) is 4.74 Å². The Morgan fingerprint density at radius 3 is 2.65 bits per heavy atom. The Labute approximate surface area is 129 Å². The highest BCUT2D eigenvalue weighted by molar-refractivity contribution is 9.10. The Balaban J connectivity index is 2.48. The fourth-order valence-electron chi connectivity index (χ4n) is 1.59. The molecule has 7 heteroatoms. The molecule has 20 heavy (non-hydrogen) atoms. The molecule has 2 heterocycles. The van der Waals surface area contributed by atoms with E-state index >= 15 is 0 Å². The summed E-state index contributed by atoms with van der Waals surface area (Å²) in [5.74, 6) is 0.469. The van der Waals surface area contributed by atoms with E-state index < -0.39 is 0 Å². The quantitative estimate of drug-likeness (QED) is 0.916. The van der Waals surface area contributed by atoms with E-state index in [9.17, 15) is 4.79 Å². The number of hydrogen-bond acceptors (Lipinski definition) is 5. The first-order valence-corrected chi connectivity index (χ1v) is 7.74. The molecule has 2 aromatic heterocycles.